The van der Waals surface area contributed by atoms with Gasteiger partial charge in [0.25, 0.3) is 0 Å². The molecule has 0 radical (unpaired) electrons. The van der Waals surface area contributed by atoms with Gasteiger partial charge in [0.15, 0.2) is 0 Å². The van der Waals surface area contributed by atoms with Crippen molar-refractivity contribution in [1.82, 2.24) is 0 Å². The molecule has 0 aliphatic heterocycles. The molecule has 0 rings (SSSR count). The Labute approximate surface area is 62.9 Å². The van der Waals surface area contributed by atoms with Crippen molar-refractivity contribution < 1.29 is 23.2 Å². The third-order valence-electron chi connectivity index (χ3n) is 1.06. The molecule has 0 aromatic carbocycles. The van der Waals surface area contributed by atoms with Crippen LogP contribution in [0.2, 0.25) is 0 Å². The largest absolute Gasteiger partial charge is 1.00 e. The van der Waals surface area contributed by atoms with Gasteiger partial charge in [-0.2, -0.15) is 0 Å². The maximum atomic E-state index is 8.52. The lowest BCUT2D eigenvalue weighted by Gasteiger charge is -2.06. The van der Waals surface area contributed by atoms with E-state index in [4.69, 9.17) is 5.11 Å². The predicted molar refractivity (Wildman–Crippen MR) is 33.2 cm³/mol. The molecule has 4 N–H and O–H groups in total. The van der Waals surface area contributed by atoms with E-state index in [1.165, 1.54) is 0 Å². The van der Waals surface area contributed by atoms with Gasteiger partial charge in [-0.25, -0.2) is 0 Å². The van der Waals surface area contributed by atoms with Gasteiger partial charge >= 0.3 is 0 Å². The van der Waals surface area contributed by atoms with Crippen molar-refractivity contribution in [3.63, 3.8) is 0 Å². The van der Waals surface area contributed by atoms with Crippen LogP contribution in [0, 0.1) is 5.92 Å². The number of quaternary nitrogens is 1. The van der Waals surface area contributed by atoms with Gasteiger partial charge in [-0.1, -0.05) is 13.8 Å². The van der Waals surface area contributed by atoms with Crippen LogP contribution < -0.4 is 18.1 Å². The maximum absolute atomic E-state index is 8.52. The lowest BCUT2D eigenvalue weighted by Crippen LogP contribution is -3.00. The van der Waals surface area contributed by atoms with Gasteiger partial charge in [0.05, 0.1) is 6.61 Å². The van der Waals surface area contributed by atoms with E-state index in [1.807, 2.05) is 0 Å². The van der Waals surface area contributed by atoms with Crippen molar-refractivity contribution in [2.75, 3.05) is 6.61 Å². The molecule has 0 aromatic rings. The maximum Gasteiger partial charge on any atom is 0.108 e. The zero-order valence-corrected chi connectivity index (χ0v) is 6.86. The van der Waals surface area contributed by atoms with Crippen LogP contribution in [-0.4, -0.2) is 17.8 Å². The predicted octanol–water partition coefficient (Wildman–Crippen LogP) is -3.36. The summed E-state index contributed by atoms with van der Waals surface area (Å²) < 4.78 is 0. The smallest absolute Gasteiger partial charge is 0.108 e. The second-order valence-corrected chi connectivity index (χ2v) is 2.68. The first-order chi connectivity index (χ1) is 3.66. The minimum absolute atomic E-state index is 0. The van der Waals surface area contributed by atoms with Crippen LogP contribution in [0.4, 0.5) is 0 Å². The van der Waals surface area contributed by atoms with E-state index >= 15 is 0 Å². The zero-order chi connectivity index (χ0) is 6.57. The minimum atomic E-state index is 0. The van der Waals surface area contributed by atoms with Crippen LogP contribution in [0.3, 0.4) is 0 Å². The van der Waals surface area contributed by atoms with Crippen molar-refractivity contribution in [3.8, 4) is 0 Å². The van der Waals surface area contributed by atoms with E-state index in [1.54, 1.807) is 0 Å². The fraction of sp³-hybridized carbons (Fsp3) is 1.00. The number of hydrogen-bond donors (Lipinski definition) is 2. The van der Waals surface area contributed by atoms with Crippen molar-refractivity contribution in [3.05, 3.63) is 0 Å². The summed E-state index contributed by atoms with van der Waals surface area (Å²) in [5, 5.41) is 8.52. The van der Waals surface area contributed by atoms with Gasteiger partial charge in [-0.15, -0.1) is 0 Å². The molecule has 0 saturated carbocycles. The highest BCUT2D eigenvalue weighted by Crippen LogP contribution is 1.99. The quantitative estimate of drug-likeness (QED) is 0.437. The molecule has 0 heterocycles. The molecule has 0 aliphatic rings. The van der Waals surface area contributed by atoms with Gasteiger partial charge in [0.2, 0.25) is 0 Å². The Balaban J connectivity index is 0. The molecule has 3 heteroatoms. The molecule has 58 valence electrons. The highest BCUT2D eigenvalue weighted by molar-refractivity contribution is 4.53. The SMILES string of the molecule is CC(C)C[C@H]([NH3+])CO.[Cl-]. The van der Waals surface area contributed by atoms with Crippen LogP contribution in [-0.2, 0) is 0 Å². The van der Waals surface area contributed by atoms with Gasteiger partial charge in [0, 0.05) is 6.42 Å². The fourth-order valence-corrected chi connectivity index (χ4v) is 0.741. The molecule has 0 aromatic heterocycles. The molecule has 9 heavy (non-hydrogen) atoms. The van der Waals surface area contributed by atoms with Crippen LogP contribution >= 0.6 is 0 Å². The van der Waals surface area contributed by atoms with Crippen LogP contribution in [0.5, 0.6) is 0 Å². The average Bonchev–Trinajstić information content (AvgIpc) is 1.65. The summed E-state index contributed by atoms with van der Waals surface area (Å²) in [6.45, 7) is 4.49. The first-order valence-corrected chi connectivity index (χ1v) is 3.10. The van der Waals surface area contributed by atoms with E-state index in [9.17, 15) is 0 Å². The summed E-state index contributed by atoms with van der Waals surface area (Å²) >= 11 is 0. The first kappa shape index (κ1) is 11.9. The molecule has 0 saturated heterocycles. The van der Waals surface area contributed by atoms with E-state index in [0.717, 1.165) is 6.42 Å². The second kappa shape index (κ2) is 6.33. The topological polar surface area (TPSA) is 47.9 Å². The van der Waals surface area contributed by atoms with Gasteiger partial charge in [0.1, 0.15) is 6.04 Å². The third kappa shape index (κ3) is 8.21. The van der Waals surface area contributed by atoms with Crippen LogP contribution in [0.25, 0.3) is 0 Å². The molecule has 0 aliphatic carbocycles. The first-order valence-electron chi connectivity index (χ1n) is 3.10. The van der Waals surface area contributed by atoms with Crippen molar-refractivity contribution in [2.45, 2.75) is 26.3 Å². The zero-order valence-electron chi connectivity index (χ0n) is 6.10. The number of rotatable bonds is 3. The molecular formula is C6H16ClNO. The summed E-state index contributed by atoms with van der Waals surface area (Å²) in [7, 11) is 0. The van der Waals surface area contributed by atoms with Gasteiger partial charge < -0.3 is 23.2 Å². The standard InChI is InChI=1S/C6H15NO.ClH/c1-5(2)3-6(7)4-8;/h5-6,8H,3-4,7H2,1-2H3;1H/t6-;/m0./s1. The van der Waals surface area contributed by atoms with E-state index < -0.39 is 0 Å². The van der Waals surface area contributed by atoms with Crippen LogP contribution in [0.1, 0.15) is 20.3 Å². The molecule has 0 amide bonds. The Bertz CT molecular complexity index is 59.0. The molecule has 2 nitrogen and oxygen atoms in total. The van der Waals surface area contributed by atoms with Crippen molar-refractivity contribution >= 4 is 0 Å². The number of aliphatic hydroxyl groups is 1. The van der Waals surface area contributed by atoms with Crippen molar-refractivity contribution in [2.24, 2.45) is 5.92 Å². The van der Waals surface area contributed by atoms with Gasteiger partial charge in [-0.05, 0) is 5.92 Å². The Hall–Kier alpha value is 0.210. The third-order valence-corrected chi connectivity index (χ3v) is 1.06. The Morgan fingerprint density at radius 3 is 2.00 bits per heavy atom. The summed E-state index contributed by atoms with van der Waals surface area (Å²) in [5.74, 6) is 0.657. The number of hydrogen-bond acceptors (Lipinski definition) is 1. The fourth-order valence-electron chi connectivity index (χ4n) is 0.741. The molecule has 0 bridgehead atoms. The van der Waals surface area contributed by atoms with Crippen molar-refractivity contribution in [1.29, 1.82) is 0 Å². The summed E-state index contributed by atoms with van der Waals surface area (Å²) in [4.78, 5) is 0. The molecule has 0 spiro atoms. The summed E-state index contributed by atoms with van der Waals surface area (Å²) in [6, 6.07) is 0.231. The van der Waals surface area contributed by atoms with Gasteiger partial charge in [-0.3, -0.25) is 0 Å². The minimum Gasteiger partial charge on any atom is -1.00 e. The number of aliphatic hydroxyl groups excluding tert-OH is 1. The Morgan fingerprint density at radius 1 is 1.44 bits per heavy atom. The second-order valence-electron chi connectivity index (χ2n) is 2.68. The molecule has 0 fully saturated rings. The number of halogens is 1. The Morgan fingerprint density at radius 2 is 1.89 bits per heavy atom. The highest BCUT2D eigenvalue weighted by atomic mass is 35.5. The van der Waals surface area contributed by atoms with E-state index in [2.05, 4.69) is 19.6 Å². The lowest BCUT2D eigenvalue weighted by atomic mass is 10.1. The van der Waals surface area contributed by atoms with E-state index in [-0.39, 0.29) is 25.1 Å². The summed E-state index contributed by atoms with van der Waals surface area (Å²) in [5.41, 5.74) is 3.75. The van der Waals surface area contributed by atoms with Crippen LogP contribution in [0.15, 0.2) is 0 Å². The normalized spacial score (nSPS) is 13.0. The van der Waals surface area contributed by atoms with E-state index in [0.29, 0.717) is 5.92 Å². The Kier molecular flexibility index (Phi) is 8.40. The monoisotopic (exact) mass is 153 g/mol. The average molecular weight is 154 g/mol. The molecule has 1 atom stereocenters. The molecule has 0 unspecified atom stereocenters. The lowest BCUT2D eigenvalue weighted by molar-refractivity contribution is -0.428. The molecular weight excluding hydrogens is 138 g/mol. The highest BCUT2D eigenvalue weighted by Gasteiger charge is 2.05. The summed E-state index contributed by atoms with van der Waals surface area (Å²) in [6.07, 6.45) is 1.02.